The Kier molecular flexibility index (Phi) is 5.97. The van der Waals surface area contributed by atoms with Gasteiger partial charge in [-0.3, -0.25) is 14.5 Å². The first-order valence-corrected chi connectivity index (χ1v) is 10.4. The highest BCUT2D eigenvalue weighted by atomic mass is 35.5. The number of ether oxygens (including phenoxy) is 1. The molecule has 8 nitrogen and oxygen atoms in total. The molecule has 1 saturated heterocycles. The number of anilines is 2. The standard InChI is InChI=1S/C21H19ClF3N3O5/c1-10-8-11(21(23,24)25)9-14(26-10)28-15(16(29)17(30)20(28)32)19(31)27-6-3-7-33-18-12(22)4-2-5-13(18)27/h2,4-5,8-9,15-17,29-30H,3,6-7H2,1H3/t15-,16-,17-/m0/s1. The molecule has 12 heteroatoms. The van der Waals surface area contributed by atoms with Gasteiger partial charge in [0, 0.05) is 12.2 Å². The van der Waals surface area contributed by atoms with E-state index < -0.39 is 47.6 Å². The zero-order valence-electron chi connectivity index (χ0n) is 17.2. The third-order valence-corrected chi connectivity index (χ3v) is 5.76. The van der Waals surface area contributed by atoms with Crippen LogP contribution in [0.3, 0.4) is 0 Å². The summed E-state index contributed by atoms with van der Waals surface area (Å²) in [7, 11) is 0. The van der Waals surface area contributed by atoms with E-state index in [1.54, 1.807) is 18.2 Å². The fourth-order valence-electron chi connectivity index (χ4n) is 3.96. The summed E-state index contributed by atoms with van der Waals surface area (Å²) in [6.07, 6.45) is -8.26. The van der Waals surface area contributed by atoms with E-state index in [1.807, 2.05) is 0 Å². The summed E-state index contributed by atoms with van der Waals surface area (Å²) < 4.78 is 45.7. The van der Waals surface area contributed by atoms with Gasteiger partial charge in [0.05, 0.1) is 22.9 Å². The van der Waals surface area contributed by atoms with E-state index in [4.69, 9.17) is 16.3 Å². The lowest BCUT2D eigenvalue weighted by molar-refractivity contribution is -0.137. The van der Waals surface area contributed by atoms with Crippen molar-refractivity contribution in [3.63, 3.8) is 0 Å². The number of aliphatic hydroxyl groups is 2. The second kappa shape index (κ2) is 8.47. The maximum atomic E-state index is 13.6. The molecule has 3 atom stereocenters. The topological polar surface area (TPSA) is 103 Å². The Morgan fingerprint density at radius 2 is 2.00 bits per heavy atom. The molecule has 2 aliphatic heterocycles. The molecule has 0 radical (unpaired) electrons. The summed E-state index contributed by atoms with van der Waals surface area (Å²) >= 11 is 6.19. The average molecular weight is 486 g/mol. The highest BCUT2D eigenvalue weighted by Crippen LogP contribution is 2.39. The van der Waals surface area contributed by atoms with Crippen molar-refractivity contribution in [1.29, 1.82) is 0 Å². The molecular formula is C21H19ClF3N3O5. The van der Waals surface area contributed by atoms with Crippen LogP contribution in [0.1, 0.15) is 17.7 Å². The van der Waals surface area contributed by atoms with Crippen molar-refractivity contribution >= 4 is 34.9 Å². The minimum Gasteiger partial charge on any atom is -0.490 e. The number of halogens is 4. The highest BCUT2D eigenvalue weighted by molar-refractivity contribution is 6.32. The minimum atomic E-state index is -4.74. The van der Waals surface area contributed by atoms with Crippen molar-refractivity contribution in [3.8, 4) is 5.75 Å². The van der Waals surface area contributed by atoms with Gasteiger partial charge in [-0.2, -0.15) is 13.2 Å². The molecule has 0 saturated carbocycles. The molecule has 2 N–H and O–H groups in total. The first-order chi connectivity index (χ1) is 15.5. The molecule has 0 unspecified atom stereocenters. The van der Waals surface area contributed by atoms with Crippen LogP contribution in [0.25, 0.3) is 0 Å². The molecule has 0 bridgehead atoms. The van der Waals surface area contributed by atoms with Crippen LogP contribution in [0.2, 0.25) is 5.02 Å². The Labute approximate surface area is 191 Å². The van der Waals surface area contributed by atoms with Crippen molar-refractivity contribution < 1.29 is 37.7 Å². The highest BCUT2D eigenvalue weighted by Gasteiger charge is 2.53. The van der Waals surface area contributed by atoms with Gasteiger partial charge in [0.15, 0.2) is 11.9 Å². The number of carbonyl (C=O) groups is 2. The van der Waals surface area contributed by atoms with Crippen molar-refractivity contribution in [1.82, 2.24) is 4.98 Å². The molecule has 1 aromatic heterocycles. The van der Waals surface area contributed by atoms with E-state index in [0.717, 1.165) is 6.07 Å². The predicted octanol–water partition coefficient (Wildman–Crippen LogP) is 2.31. The summed E-state index contributed by atoms with van der Waals surface area (Å²) in [5.41, 5.74) is -0.866. The number of hydrogen-bond donors (Lipinski definition) is 2. The average Bonchev–Trinajstić information content (AvgIpc) is 2.89. The van der Waals surface area contributed by atoms with E-state index in [2.05, 4.69) is 4.98 Å². The number of aromatic nitrogens is 1. The van der Waals surface area contributed by atoms with E-state index in [0.29, 0.717) is 17.4 Å². The summed E-state index contributed by atoms with van der Waals surface area (Å²) in [5, 5.41) is 21.0. The Morgan fingerprint density at radius 1 is 1.27 bits per heavy atom. The van der Waals surface area contributed by atoms with Gasteiger partial charge in [0.25, 0.3) is 11.8 Å². The fourth-order valence-corrected chi connectivity index (χ4v) is 4.18. The van der Waals surface area contributed by atoms with Crippen LogP contribution in [0, 0.1) is 6.92 Å². The lowest BCUT2D eigenvalue weighted by Crippen LogP contribution is -2.51. The van der Waals surface area contributed by atoms with Crippen molar-refractivity contribution in [3.05, 3.63) is 46.6 Å². The molecule has 176 valence electrons. The van der Waals surface area contributed by atoms with Gasteiger partial charge in [-0.15, -0.1) is 0 Å². The molecule has 33 heavy (non-hydrogen) atoms. The van der Waals surface area contributed by atoms with Gasteiger partial charge in [-0.05, 0) is 37.6 Å². The summed E-state index contributed by atoms with van der Waals surface area (Å²) in [6, 6.07) is 4.38. The SMILES string of the molecule is Cc1cc(C(F)(F)F)cc(N2C(=O)[C@@H](O)[C@@H](O)[C@H]2C(=O)N2CCCOc3c(Cl)cccc32)n1. The van der Waals surface area contributed by atoms with Crippen LogP contribution in [-0.4, -0.2) is 58.4 Å². The van der Waals surface area contributed by atoms with E-state index in [1.165, 1.54) is 11.8 Å². The van der Waals surface area contributed by atoms with Gasteiger partial charge in [-0.25, -0.2) is 4.98 Å². The number of nitrogens with zero attached hydrogens (tertiary/aromatic N) is 3. The maximum absolute atomic E-state index is 13.6. The second-order valence-corrected chi connectivity index (χ2v) is 8.13. The second-order valence-electron chi connectivity index (χ2n) is 7.72. The van der Waals surface area contributed by atoms with Crippen LogP contribution in [0.15, 0.2) is 30.3 Å². The monoisotopic (exact) mass is 485 g/mol. The van der Waals surface area contributed by atoms with Crippen LogP contribution < -0.4 is 14.5 Å². The van der Waals surface area contributed by atoms with E-state index in [9.17, 15) is 33.0 Å². The molecule has 0 aliphatic carbocycles. The smallest absolute Gasteiger partial charge is 0.416 e. The van der Waals surface area contributed by atoms with Crippen LogP contribution in [0.4, 0.5) is 24.7 Å². The van der Waals surface area contributed by atoms with Crippen molar-refractivity contribution in [2.45, 2.75) is 37.8 Å². The quantitative estimate of drug-likeness (QED) is 0.677. The number of amides is 2. The Morgan fingerprint density at radius 3 is 2.70 bits per heavy atom. The number of carbonyl (C=O) groups excluding carboxylic acids is 2. The van der Waals surface area contributed by atoms with Gasteiger partial charge in [0.1, 0.15) is 18.0 Å². The zero-order valence-corrected chi connectivity index (χ0v) is 18.0. The van der Waals surface area contributed by atoms with Gasteiger partial charge >= 0.3 is 6.18 Å². The molecular weight excluding hydrogens is 467 g/mol. The van der Waals surface area contributed by atoms with Gasteiger partial charge in [-0.1, -0.05) is 17.7 Å². The first-order valence-electron chi connectivity index (χ1n) is 9.98. The normalized spacial score (nSPS) is 23.2. The molecule has 4 rings (SSSR count). The Bertz CT molecular complexity index is 1110. The third kappa shape index (κ3) is 4.11. The van der Waals surface area contributed by atoms with Gasteiger partial charge < -0.3 is 19.8 Å². The molecule has 2 aliphatic rings. The first kappa shape index (κ1) is 23.3. The number of rotatable bonds is 2. The number of benzene rings is 1. The number of alkyl halides is 3. The van der Waals surface area contributed by atoms with Crippen LogP contribution in [-0.2, 0) is 15.8 Å². The van der Waals surface area contributed by atoms with Crippen molar-refractivity contribution in [2.24, 2.45) is 0 Å². The molecule has 2 aromatic rings. The minimum absolute atomic E-state index is 0.0602. The van der Waals surface area contributed by atoms with Crippen LogP contribution in [0.5, 0.6) is 5.75 Å². The van der Waals surface area contributed by atoms with Crippen molar-refractivity contribution in [2.75, 3.05) is 23.0 Å². The number of hydrogen-bond acceptors (Lipinski definition) is 6. The number of pyridine rings is 1. The summed E-state index contributed by atoms with van der Waals surface area (Å²) in [5.74, 6) is -2.23. The molecule has 2 amide bonds. The number of aryl methyl sites for hydroxylation is 1. The third-order valence-electron chi connectivity index (χ3n) is 5.46. The molecule has 0 spiro atoms. The number of aliphatic hydroxyl groups excluding tert-OH is 2. The summed E-state index contributed by atoms with van der Waals surface area (Å²) in [6.45, 7) is 1.67. The van der Waals surface area contributed by atoms with Gasteiger partial charge in [0.2, 0.25) is 0 Å². The largest absolute Gasteiger partial charge is 0.490 e. The number of para-hydroxylation sites is 1. The predicted molar refractivity (Wildman–Crippen MR) is 111 cm³/mol. The zero-order chi connectivity index (χ0) is 24.1. The molecule has 1 fully saturated rings. The molecule has 3 heterocycles. The summed E-state index contributed by atoms with van der Waals surface area (Å²) in [4.78, 5) is 32.2. The lowest BCUT2D eigenvalue weighted by Gasteiger charge is -2.30. The Balaban J connectivity index is 1.80. The Hall–Kier alpha value is -2.89. The fraction of sp³-hybridized carbons (Fsp3) is 0.381. The van der Waals surface area contributed by atoms with Crippen LogP contribution >= 0.6 is 11.6 Å². The maximum Gasteiger partial charge on any atom is 0.416 e. The number of fused-ring (bicyclic) bond motifs is 1. The van der Waals surface area contributed by atoms with E-state index in [-0.39, 0.29) is 35.3 Å². The molecule has 1 aromatic carbocycles. The van der Waals surface area contributed by atoms with E-state index >= 15 is 0 Å². The lowest BCUT2D eigenvalue weighted by atomic mass is 10.1.